The minimum absolute atomic E-state index is 0.694. The summed E-state index contributed by atoms with van der Waals surface area (Å²) >= 11 is 0. The van der Waals surface area contributed by atoms with Gasteiger partial charge in [-0.15, -0.1) is 0 Å². The number of allylic oxidation sites excluding steroid dienone is 4. The van der Waals surface area contributed by atoms with Gasteiger partial charge in [0.2, 0.25) is 0 Å². The van der Waals surface area contributed by atoms with Crippen molar-refractivity contribution in [1.82, 2.24) is 0 Å². The van der Waals surface area contributed by atoms with Crippen molar-refractivity contribution in [2.75, 3.05) is 0 Å². The number of nitriles is 1. The van der Waals surface area contributed by atoms with Crippen LogP contribution < -0.4 is 0 Å². The van der Waals surface area contributed by atoms with E-state index in [1.165, 1.54) is 0 Å². The van der Waals surface area contributed by atoms with Gasteiger partial charge in [0.05, 0.1) is 6.07 Å². The SMILES string of the molecule is C=CC(=C)C.C=CC=C.CCCC#N. The maximum atomic E-state index is 7.82. The molecule has 0 unspecified atom stereocenters. The van der Waals surface area contributed by atoms with Crippen LogP contribution in [0.5, 0.6) is 0 Å². The summed E-state index contributed by atoms with van der Waals surface area (Å²) in [6.45, 7) is 17.6. The number of hydrogen-bond donors (Lipinski definition) is 0. The predicted molar refractivity (Wildman–Crippen MR) is 65.9 cm³/mol. The lowest BCUT2D eigenvalue weighted by atomic mass is 10.4. The third-order valence-corrected chi connectivity index (χ3v) is 0.877. The summed E-state index contributed by atoms with van der Waals surface area (Å²) in [4.78, 5) is 0. The summed E-state index contributed by atoms with van der Waals surface area (Å²) in [6, 6.07) is 2.02. The van der Waals surface area contributed by atoms with Crippen LogP contribution in [0.2, 0.25) is 0 Å². The lowest BCUT2D eigenvalue weighted by Gasteiger charge is -1.71. The maximum Gasteiger partial charge on any atom is 0.0621 e. The molecule has 0 aromatic carbocycles. The molecule has 0 aromatic heterocycles. The van der Waals surface area contributed by atoms with Crippen molar-refractivity contribution >= 4 is 0 Å². The first kappa shape index (κ1) is 18.3. The van der Waals surface area contributed by atoms with E-state index in [0.717, 1.165) is 12.0 Å². The van der Waals surface area contributed by atoms with Gasteiger partial charge in [-0.3, -0.25) is 0 Å². The van der Waals surface area contributed by atoms with Gasteiger partial charge in [-0.2, -0.15) is 5.26 Å². The molecular formula is C13H21N. The van der Waals surface area contributed by atoms with Gasteiger partial charge < -0.3 is 0 Å². The van der Waals surface area contributed by atoms with E-state index in [-0.39, 0.29) is 0 Å². The van der Waals surface area contributed by atoms with Crippen molar-refractivity contribution < 1.29 is 0 Å². The normalized spacial score (nSPS) is 6.07. The van der Waals surface area contributed by atoms with Gasteiger partial charge in [0.1, 0.15) is 0 Å². The molecule has 1 heteroatoms. The van der Waals surface area contributed by atoms with Crippen molar-refractivity contribution in [2.45, 2.75) is 26.7 Å². The van der Waals surface area contributed by atoms with E-state index < -0.39 is 0 Å². The molecule has 0 N–H and O–H groups in total. The minimum Gasteiger partial charge on any atom is -0.198 e. The Morgan fingerprint density at radius 1 is 1.29 bits per heavy atom. The number of unbranched alkanes of at least 4 members (excludes halogenated alkanes) is 1. The second-order valence-corrected chi connectivity index (χ2v) is 2.43. The predicted octanol–water partition coefficient (Wildman–Crippen LogP) is 4.42. The third kappa shape index (κ3) is 78.4. The second-order valence-electron chi connectivity index (χ2n) is 2.43. The Bertz CT molecular complexity index is 188. The molecule has 0 aromatic rings. The number of hydrogen-bond acceptors (Lipinski definition) is 1. The Labute approximate surface area is 88.8 Å². The van der Waals surface area contributed by atoms with Crippen LogP contribution in [-0.4, -0.2) is 0 Å². The van der Waals surface area contributed by atoms with Crippen LogP contribution in [0.25, 0.3) is 0 Å². The number of nitrogens with zero attached hydrogens (tertiary/aromatic N) is 1. The van der Waals surface area contributed by atoms with Crippen molar-refractivity contribution in [3.8, 4) is 6.07 Å². The zero-order chi connectivity index (χ0) is 11.8. The highest BCUT2D eigenvalue weighted by molar-refractivity contribution is 5.05. The smallest absolute Gasteiger partial charge is 0.0621 e. The van der Waals surface area contributed by atoms with E-state index in [2.05, 4.69) is 26.3 Å². The van der Waals surface area contributed by atoms with Crippen molar-refractivity contribution in [2.24, 2.45) is 0 Å². The summed E-state index contributed by atoms with van der Waals surface area (Å²) in [7, 11) is 0. The van der Waals surface area contributed by atoms with E-state index in [0.29, 0.717) is 6.42 Å². The standard InChI is InChI=1S/C5H8.C4H7N.C4H6/c1-4-5(2)3;1-2-3-4-5;1-3-4-2/h4H,1-2H2,3H3;2-3H2,1H3;3-4H,1-2H2. The molecule has 0 atom stereocenters. The lowest BCUT2D eigenvalue weighted by Crippen LogP contribution is -1.53. The van der Waals surface area contributed by atoms with E-state index in [9.17, 15) is 0 Å². The molecule has 0 amide bonds. The van der Waals surface area contributed by atoms with Crippen LogP contribution in [-0.2, 0) is 0 Å². The van der Waals surface area contributed by atoms with Crippen LogP contribution >= 0.6 is 0 Å². The Hall–Kier alpha value is -1.55. The average Bonchev–Trinajstić information content (AvgIpc) is 2.20. The Balaban J connectivity index is -0.000000131. The zero-order valence-electron chi connectivity index (χ0n) is 9.42. The first-order valence-corrected chi connectivity index (χ1v) is 4.48. The maximum absolute atomic E-state index is 7.82. The zero-order valence-corrected chi connectivity index (χ0v) is 9.42. The molecule has 0 bridgehead atoms. The van der Waals surface area contributed by atoms with E-state index >= 15 is 0 Å². The quantitative estimate of drug-likeness (QED) is 0.606. The van der Waals surface area contributed by atoms with Crippen molar-refractivity contribution in [3.05, 3.63) is 50.1 Å². The van der Waals surface area contributed by atoms with Gasteiger partial charge in [-0.05, 0) is 13.3 Å². The molecule has 78 valence electrons. The van der Waals surface area contributed by atoms with E-state index in [4.69, 9.17) is 5.26 Å². The van der Waals surface area contributed by atoms with Gasteiger partial charge in [-0.1, -0.05) is 57.0 Å². The van der Waals surface area contributed by atoms with E-state index in [1.807, 2.05) is 19.9 Å². The molecule has 0 aliphatic heterocycles. The fourth-order valence-electron chi connectivity index (χ4n) is 0.112. The van der Waals surface area contributed by atoms with Crippen LogP contribution in [0.4, 0.5) is 0 Å². The second kappa shape index (κ2) is 22.5. The Morgan fingerprint density at radius 2 is 1.64 bits per heavy atom. The summed E-state index contributed by atoms with van der Waals surface area (Å²) in [5, 5.41) is 7.82. The monoisotopic (exact) mass is 191 g/mol. The van der Waals surface area contributed by atoms with E-state index in [1.54, 1.807) is 18.2 Å². The molecule has 0 aliphatic rings. The highest BCUT2D eigenvalue weighted by Crippen LogP contribution is 1.81. The molecule has 0 heterocycles. The summed E-state index contributed by atoms with van der Waals surface area (Å²) in [5.41, 5.74) is 1.02. The highest BCUT2D eigenvalue weighted by atomic mass is 14.2. The average molecular weight is 191 g/mol. The third-order valence-electron chi connectivity index (χ3n) is 0.877. The van der Waals surface area contributed by atoms with Gasteiger partial charge in [0.15, 0.2) is 0 Å². The van der Waals surface area contributed by atoms with Gasteiger partial charge in [0.25, 0.3) is 0 Å². The molecule has 0 aliphatic carbocycles. The van der Waals surface area contributed by atoms with Crippen molar-refractivity contribution in [3.63, 3.8) is 0 Å². The first-order valence-electron chi connectivity index (χ1n) is 4.48. The van der Waals surface area contributed by atoms with Gasteiger partial charge in [-0.25, -0.2) is 0 Å². The molecule has 0 radical (unpaired) electrons. The topological polar surface area (TPSA) is 23.8 Å². The molecular weight excluding hydrogens is 170 g/mol. The molecule has 0 saturated carbocycles. The molecule has 1 nitrogen and oxygen atoms in total. The fraction of sp³-hybridized carbons (Fsp3) is 0.308. The molecule has 14 heavy (non-hydrogen) atoms. The number of rotatable bonds is 3. The van der Waals surface area contributed by atoms with Crippen LogP contribution in [0.15, 0.2) is 50.1 Å². The Kier molecular flexibility index (Phi) is 29.4. The first-order chi connectivity index (χ1) is 6.60. The largest absolute Gasteiger partial charge is 0.198 e. The van der Waals surface area contributed by atoms with Crippen LogP contribution in [0.1, 0.15) is 26.7 Å². The summed E-state index contributed by atoms with van der Waals surface area (Å²) in [6.07, 6.45) is 6.68. The lowest BCUT2D eigenvalue weighted by molar-refractivity contribution is 0.969. The fourth-order valence-corrected chi connectivity index (χ4v) is 0.112. The van der Waals surface area contributed by atoms with Gasteiger partial charge >= 0.3 is 0 Å². The van der Waals surface area contributed by atoms with Crippen LogP contribution in [0, 0.1) is 11.3 Å². The van der Waals surface area contributed by atoms with Gasteiger partial charge in [0, 0.05) is 6.42 Å². The minimum atomic E-state index is 0.694. The summed E-state index contributed by atoms with van der Waals surface area (Å²) < 4.78 is 0. The molecule has 0 rings (SSSR count). The molecule has 0 fully saturated rings. The van der Waals surface area contributed by atoms with Crippen LogP contribution in [0.3, 0.4) is 0 Å². The highest BCUT2D eigenvalue weighted by Gasteiger charge is 1.65. The Morgan fingerprint density at radius 3 is 1.64 bits per heavy atom. The summed E-state index contributed by atoms with van der Waals surface area (Å²) in [5.74, 6) is 0. The molecule has 0 saturated heterocycles. The molecule has 0 spiro atoms. The van der Waals surface area contributed by atoms with Crippen molar-refractivity contribution in [1.29, 1.82) is 5.26 Å².